The zero-order chi connectivity index (χ0) is 20.8. The van der Waals surface area contributed by atoms with Gasteiger partial charge in [0.15, 0.2) is 0 Å². The second kappa shape index (κ2) is 7.22. The molecule has 1 atom stereocenters. The number of aryl methyl sites for hydroxylation is 2. The molecule has 3 rings (SSSR count). The minimum Gasteiger partial charge on any atom is -0.478 e. The molecule has 28 heavy (non-hydrogen) atoms. The lowest BCUT2D eigenvalue weighted by Crippen LogP contribution is -2.40. The average molecular weight is 433 g/mol. The zero-order valence-electron chi connectivity index (χ0n) is 14.5. The highest BCUT2D eigenvalue weighted by Crippen LogP contribution is 2.43. The highest BCUT2D eigenvalue weighted by Gasteiger charge is 2.48. The summed E-state index contributed by atoms with van der Waals surface area (Å²) in [6.07, 6.45) is -6.62. The van der Waals surface area contributed by atoms with Crippen LogP contribution < -0.4 is 9.47 Å². The molecule has 0 saturated carbocycles. The number of alkyl halides is 3. The van der Waals surface area contributed by atoms with Gasteiger partial charge in [-0.25, -0.2) is 4.79 Å². The summed E-state index contributed by atoms with van der Waals surface area (Å²) >= 11 is 12.3. The zero-order valence-corrected chi connectivity index (χ0v) is 16.0. The number of hydrogen-bond donors (Lipinski definition) is 1. The van der Waals surface area contributed by atoms with E-state index in [0.717, 1.165) is 17.2 Å². The van der Waals surface area contributed by atoms with Crippen molar-refractivity contribution in [2.75, 3.05) is 0 Å². The summed E-state index contributed by atoms with van der Waals surface area (Å²) in [5.41, 5.74) is 1.01. The lowest BCUT2D eigenvalue weighted by atomic mass is 10.0. The number of hydrogen-bond acceptors (Lipinski definition) is 3. The van der Waals surface area contributed by atoms with Crippen molar-refractivity contribution in [1.82, 2.24) is 0 Å². The van der Waals surface area contributed by atoms with Crippen LogP contribution in [-0.2, 0) is 4.79 Å². The van der Waals surface area contributed by atoms with Gasteiger partial charge in [-0.15, -0.1) is 0 Å². The van der Waals surface area contributed by atoms with E-state index in [0.29, 0.717) is 5.02 Å². The Bertz CT molecular complexity index is 1000. The number of carboxylic acid groups (broad SMARTS) is 1. The van der Waals surface area contributed by atoms with Crippen molar-refractivity contribution in [3.8, 4) is 17.2 Å². The predicted octanol–water partition coefficient (Wildman–Crippen LogP) is 6.19. The SMILES string of the molecule is Cc1cc(Cl)c(Oc2cc3c(cc2Cl)C=C(C(=O)O)C(C(F)(F)F)O3)cc1C. The van der Waals surface area contributed by atoms with Gasteiger partial charge in [-0.2, -0.15) is 13.2 Å². The molecule has 0 bridgehead atoms. The molecule has 0 fully saturated rings. The molecule has 2 aromatic rings. The molecule has 0 aromatic heterocycles. The van der Waals surface area contributed by atoms with Crippen molar-refractivity contribution in [3.05, 3.63) is 56.6 Å². The number of carbonyl (C=O) groups is 1. The van der Waals surface area contributed by atoms with Gasteiger partial charge in [-0.3, -0.25) is 0 Å². The summed E-state index contributed by atoms with van der Waals surface area (Å²) < 4.78 is 50.2. The fraction of sp³-hybridized carbons (Fsp3) is 0.211. The molecule has 148 valence electrons. The molecule has 9 heteroatoms. The van der Waals surface area contributed by atoms with Gasteiger partial charge in [0.1, 0.15) is 17.2 Å². The van der Waals surface area contributed by atoms with Gasteiger partial charge >= 0.3 is 12.1 Å². The van der Waals surface area contributed by atoms with E-state index < -0.39 is 23.8 Å². The summed E-state index contributed by atoms with van der Waals surface area (Å²) in [6.45, 7) is 3.72. The lowest BCUT2D eigenvalue weighted by molar-refractivity contribution is -0.187. The van der Waals surface area contributed by atoms with Crippen LogP contribution in [0, 0.1) is 13.8 Å². The number of benzene rings is 2. The minimum atomic E-state index is -4.90. The average Bonchev–Trinajstić information content (AvgIpc) is 2.58. The quantitative estimate of drug-likeness (QED) is 0.627. The molecule has 1 heterocycles. The van der Waals surface area contributed by atoms with E-state index in [2.05, 4.69) is 0 Å². The van der Waals surface area contributed by atoms with E-state index in [-0.39, 0.29) is 27.8 Å². The minimum absolute atomic E-state index is 0.0265. The smallest absolute Gasteiger partial charge is 0.430 e. The largest absolute Gasteiger partial charge is 0.478 e. The van der Waals surface area contributed by atoms with Crippen molar-refractivity contribution in [2.24, 2.45) is 0 Å². The third kappa shape index (κ3) is 3.91. The van der Waals surface area contributed by atoms with Crippen LogP contribution in [0.25, 0.3) is 6.08 Å². The molecule has 1 aliphatic rings. The Morgan fingerprint density at radius 2 is 1.64 bits per heavy atom. The Morgan fingerprint density at radius 1 is 1.07 bits per heavy atom. The first-order valence-electron chi connectivity index (χ1n) is 7.93. The highest BCUT2D eigenvalue weighted by molar-refractivity contribution is 6.33. The van der Waals surface area contributed by atoms with Crippen LogP contribution in [0.3, 0.4) is 0 Å². The molecular formula is C19H13Cl2F3O4. The van der Waals surface area contributed by atoms with Crippen molar-refractivity contribution in [3.63, 3.8) is 0 Å². The molecule has 0 saturated heterocycles. The Kier molecular flexibility index (Phi) is 5.25. The summed E-state index contributed by atoms with van der Waals surface area (Å²) in [4.78, 5) is 11.2. The maximum Gasteiger partial charge on any atom is 0.430 e. The van der Waals surface area contributed by atoms with Crippen LogP contribution in [0.1, 0.15) is 16.7 Å². The molecular weight excluding hydrogens is 420 g/mol. The van der Waals surface area contributed by atoms with E-state index in [9.17, 15) is 18.0 Å². The van der Waals surface area contributed by atoms with Gasteiger partial charge in [0.25, 0.3) is 0 Å². The fourth-order valence-electron chi connectivity index (χ4n) is 2.65. The number of fused-ring (bicyclic) bond motifs is 1. The van der Waals surface area contributed by atoms with Crippen LogP contribution in [0.5, 0.6) is 17.2 Å². The molecule has 1 aliphatic heterocycles. The van der Waals surface area contributed by atoms with Gasteiger partial charge in [0.2, 0.25) is 6.10 Å². The maximum atomic E-state index is 13.2. The molecule has 1 N–H and O–H groups in total. The molecule has 0 aliphatic carbocycles. The number of ether oxygens (including phenoxy) is 2. The first-order valence-corrected chi connectivity index (χ1v) is 8.69. The third-order valence-electron chi connectivity index (χ3n) is 4.21. The second-order valence-corrected chi connectivity index (χ2v) is 7.05. The molecule has 0 spiro atoms. The standard InChI is InChI=1S/C19H13Cl2F3O4/c1-8-3-12(20)15(4-9(8)2)27-16-7-14-10(6-13(16)21)5-11(18(25)26)17(28-14)19(22,23)24/h3-7,17H,1-2H3,(H,25,26). The van der Waals surface area contributed by atoms with Crippen molar-refractivity contribution < 1.29 is 32.5 Å². The first-order chi connectivity index (χ1) is 13.0. The number of carboxylic acids is 1. The molecule has 0 radical (unpaired) electrons. The van der Waals surface area contributed by atoms with E-state index in [4.69, 9.17) is 37.8 Å². The highest BCUT2D eigenvalue weighted by atomic mass is 35.5. The van der Waals surface area contributed by atoms with Gasteiger partial charge in [-0.1, -0.05) is 23.2 Å². The van der Waals surface area contributed by atoms with Gasteiger partial charge in [0.05, 0.1) is 15.6 Å². The van der Waals surface area contributed by atoms with E-state index in [1.807, 2.05) is 13.8 Å². The first kappa shape index (κ1) is 20.4. The summed E-state index contributed by atoms with van der Waals surface area (Å²) in [7, 11) is 0. The Hall–Kier alpha value is -2.38. The Morgan fingerprint density at radius 3 is 2.25 bits per heavy atom. The molecule has 1 unspecified atom stereocenters. The summed E-state index contributed by atoms with van der Waals surface area (Å²) in [6, 6.07) is 5.82. The monoisotopic (exact) mass is 432 g/mol. The maximum absolute atomic E-state index is 13.2. The van der Waals surface area contributed by atoms with Gasteiger partial charge < -0.3 is 14.6 Å². The lowest BCUT2D eigenvalue weighted by Gasteiger charge is -2.27. The molecule has 0 amide bonds. The topological polar surface area (TPSA) is 55.8 Å². The fourth-order valence-corrected chi connectivity index (χ4v) is 3.11. The number of aliphatic carboxylic acids is 1. The summed E-state index contributed by atoms with van der Waals surface area (Å²) in [5, 5.41) is 9.44. The third-order valence-corrected chi connectivity index (χ3v) is 4.81. The van der Waals surface area contributed by atoms with E-state index >= 15 is 0 Å². The number of rotatable bonds is 3. The van der Waals surface area contributed by atoms with E-state index in [1.165, 1.54) is 12.1 Å². The van der Waals surface area contributed by atoms with Crippen LogP contribution >= 0.6 is 23.2 Å². The van der Waals surface area contributed by atoms with Crippen molar-refractivity contribution in [2.45, 2.75) is 26.1 Å². The normalized spacial score (nSPS) is 16.1. The van der Waals surface area contributed by atoms with Crippen molar-refractivity contribution in [1.29, 1.82) is 0 Å². The predicted molar refractivity (Wildman–Crippen MR) is 98.5 cm³/mol. The van der Waals surface area contributed by atoms with Gasteiger partial charge in [0, 0.05) is 11.6 Å². The number of halogens is 5. The Labute approximate surface area is 168 Å². The molecule has 2 aromatic carbocycles. The van der Waals surface area contributed by atoms with Crippen LogP contribution in [0.4, 0.5) is 13.2 Å². The van der Waals surface area contributed by atoms with Crippen molar-refractivity contribution >= 4 is 35.2 Å². The molecule has 4 nitrogen and oxygen atoms in total. The van der Waals surface area contributed by atoms with Crippen LogP contribution in [-0.4, -0.2) is 23.4 Å². The van der Waals surface area contributed by atoms with Gasteiger partial charge in [-0.05, 0) is 49.2 Å². The van der Waals surface area contributed by atoms with Crippen LogP contribution in [0.15, 0.2) is 29.8 Å². The van der Waals surface area contributed by atoms with Crippen LogP contribution in [0.2, 0.25) is 10.0 Å². The van der Waals surface area contributed by atoms with E-state index in [1.54, 1.807) is 12.1 Å². The second-order valence-electron chi connectivity index (χ2n) is 6.23. The summed E-state index contributed by atoms with van der Waals surface area (Å²) in [5.74, 6) is -1.63. The Balaban J connectivity index is 2.04.